The lowest BCUT2D eigenvalue weighted by molar-refractivity contribution is -0.137. The predicted molar refractivity (Wildman–Crippen MR) is 41.2 cm³/mol. The molecule has 1 rings (SSSR count). The number of hydrogen-bond acceptors (Lipinski definition) is 2. The summed E-state index contributed by atoms with van der Waals surface area (Å²) in [5.74, 6) is 0.110. The lowest BCUT2D eigenvalue weighted by Crippen LogP contribution is -2.02. The number of rotatable bonds is 1. The molecular weight excluding hydrogens is 187 g/mol. The molecule has 0 aliphatic heterocycles. The van der Waals surface area contributed by atoms with Crippen LogP contribution in [0.4, 0.5) is 13.2 Å². The molecule has 0 saturated heterocycles. The van der Waals surface area contributed by atoms with E-state index in [0.717, 1.165) is 0 Å². The first kappa shape index (κ1) is 9.51. The molecule has 0 unspecified atom stereocenters. The number of aromatic nitrogens is 1. The predicted octanol–water partition coefficient (Wildman–Crippen LogP) is 3.29. The first-order valence-corrected chi connectivity index (χ1v) is 4.26. The van der Waals surface area contributed by atoms with E-state index in [-0.39, 0.29) is 5.92 Å². The molecule has 0 atom stereocenters. The molecule has 0 radical (unpaired) electrons. The van der Waals surface area contributed by atoms with Gasteiger partial charge in [-0.15, -0.1) is 11.3 Å². The Balaban J connectivity index is 2.92. The Labute approximate surface area is 72.2 Å². The lowest BCUT2D eigenvalue weighted by Gasteiger charge is -2.00. The van der Waals surface area contributed by atoms with Crippen LogP contribution in [-0.2, 0) is 6.18 Å². The van der Waals surface area contributed by atoms with Crippen LogP contribution in [0.3, 0.4) is 0 Å². The highest BCUT2D eigenvalue weighted by Crippen LogP contribution is 2.34. The van der Waals surface area contributed by atoms with E-state index in [9.17, 15) is 13.2 Å². The van der Waals surface area contributed by atoms with Crippen molar-refractivity contribution in [3.05, 3.63) is 16.1 Å². The first-order valence-electron chi connectivity index (χ1n) is 3.44. The first-order chi connectivity index (χ1) is 5.41. The Hall–Kier alpha value is -0.580. The van der Waals surface area contributed by atoms with Crippen molar-refractivity contribution >= 4 is 11.3 Å². The van der Waals surface area contributed by atoms with Crippen molar-refractivity contribution in [2.24, 2.45) is 0 Å². The minimum atomic E-state index is -4.29. The third-order valence-corrected chi connectivity index (χ3v) is 2.68. The standard InChI is InChI=1S/C7H8F3NS/c1-4(2)5-3-11-6(12-5)7(8,9)10/h3-4H,1-2H3. The van der Waals surface area contributed by atoms with Crippen molar-refractivity contribution in [2.45, 2.75) is 25.9 Å². The summed E-state index contributed by atoms with van der Waals surface area (Å²) in [5, 5.41) is -0.758. The average molecular weight is 195 g/mol. The highest BCUT2D eigenvalue weighted by atomic mass is 32.1. The molecule has 5 heteroatoms. The molecule has 1 aromatic rings. The topological polar surface area (TPSA) is 12.9 Å². The largest absolute Gasteiger partial charge is 0.443 e. The maximum Gasteiger partial charge on any atom is 0.443 e. The summed E-state index contributed by atoms with van der Waals surface area (Å²) >= 11 is 0.712. The van der Waals surface area contributed by atoms with E-state index < -0.39 is 11.2 Å². The molecule has 0 aliphatic rings. The Morgan fingerprint density at radius 3 is 2.25 bits per heavy atom. The zero-order valence-corrected chi connectivity index (χ0v) is 7.46. The summed E-state index contributed by atoms with van der Waals surface area (Å²) in [5.41, 5.74) is 0. The van der Waals surface area contributed by atoms with Gasteiger partial charge in [-0.2, -0.15) is 13.2 Å². The summed E-state index contributed by atoms with van der Waals surface area (Å²) in [6.07, 6.45) is -3.00. The Morgan fingerprint density at radius 2 is 2.00 bits per heavy atom. The molecule has 12 heavy (non-hydrogen) atoms. The van der Waals surface area contributed by atoms with Crippen LogP contribution in [0.25, 0.3) is 0 Å². The molecule has 0 aliphatic carbocycles. The van der Waals surface area contributed by atoms with E-state index in [2.05, 4.69) is 4.98 Å². The zero-order valence-electron chi connectivity index (χ0n) is 6.64. The second-order valence-corrected chi connectivity index (χ2v) is 3.78. The van der Waals surface area contributed by atoms with E-state index in [0.29, 0.717) is 16.2 Å². The third kappa shape index (κ3) is 1.97. The van der Waals surface area contributed by atoms with Crippen LogP contribution >= 0.6 is 11.3 Å². The second kappa shape index (κ2) is 3.05. The van der Waals surface area contributed by atoms with Gasteiger partial charge >= 0.3 is 6.18 Å². The summed E-state index contributed by atoms with van der Waals surface area (Å²) in [6.45, 7) is 3.68. The van der Waals surface area contributed by atoms with Crippen molar-refractivity contribution in [3.63, 3.8) is 0 Å². The van der Waals surface area contributed by atoms with Crippen LogP contribution in [0.1, 0.15) is 29.7 Å². The van der Waals surface area contributed by atoms with Crippen molar-refractivity contribution in [1.29, 1.82) is 0 Å². The Kier molecular flexibility index (Phi) is 2.41. The maximum atomic E-state index is 12.0. The second-order valence-electron chi connectivity index (χ2n) is 2.72. The van der Waals surface area contributed by atoms with Gasteiger partial charge in [-0.3, -0.25) is 0 Å². The van der Waals surface area contributed by atoms with E-state index in [1.165, 1.54) is 6.20 Å². The van der Waals surface area contributed by atoms with Crippen LogP contribution in [0.15, 0.2) is 6.20 Å². The molecular formula is C7H8F3NS. The van der Waals surface area contributed by atoms with Gasteiger partial charge in [-0.1, -0.05) is 13.8 Å². The van der Waals surface area contributed by atoms with Gasteiger partial charge < -0.3 is 0 Å². The SMILES string of the molecule is CC(C)c1cnc(C(F)(F)F)s1. The maximum absolute atomic E-state index is 12.0. The zero-order chi connectivity index (χ0) is 9.35. The number of alkyl halides is 3. The lowest BCUT2D eigenvalue weighted by atomic mass is 10.2. The fourth-order valence-corrected chi connectivity index (χ4v) is 1.47. The van der Waals surface area contributed by atoms with Crippen molar-refractivity contribution in [1.82, 2.24) is 4.98 Å². The van der Waals surface area contributed by atoms with Gasteiger partial charge in [0, 0.05) is 11.1 Å². The molecule has 1 nitrogen and oxygen atoms in total. The van der Waals surface area contributed by atoms with E-state index in [1.54, 1.807) is 0 Å². The van der Waals surface area contributed by atoms with Crippen LogP contribution in [0, 0.1) is 0 Å². The molecule has 0 aromatic carbocycles. The normalized spacial score (nSPS) is 12.5. The van der Waals surface area contributed by atoms with Gasteiger partial charge in [0.2, 0.25) is 0 Å². The van der Waals surface area contributed by atoms with Gasteiger partial charge in [-0.05, 0) is 5.92 Å². The molecule has 68 valence electrons. The molecule has 1 heterocycles. The van der Waals surface area contributed by atoms with Gasteiger partial charge in [0.15, 0.2) is 5.01 Å². The minimum absolute atomic E-state index is 0.110. The smallest absolute Gasteiger partial charge is 0.240 e. The third-order valence-electron chi connectivity index (χ3n) is 1.34. The van der Waals surface area contributed by atoms with Gasteiger partial charge in [0.05, 0.1) is 0 Å². The summed E-state index contributed by atoms with van der Waals surface area (Å²) in [6, 6.07) is 0. The van der Waals surface area contributed by atoms with Crippen LogP contribution < -0.4 is 0 Å². The molecule has 0 fully saturated rings. The van der Waals surface area contributed by atoms with Crippen molar-refractivity contribution < 1.29 is 13.2 Å². The monoisotopic (exact) mass is 195 g/mol. The Bertz CT molecular complexity index is 264. The summed E-state index contributed by atoms with van der Waals surface area (Å²) < 4.78 is 36.0. The molecule has 0 N–H and O–H groups in total. The van der Waals surface area contributed by atoms with Crippen LogP contribution in [0.2, 0.25) is 0 Å². The summed E-state index contributed by atoms with van der Waals surface area (Å²) in [4.78, 5) is 3.97. The molecule has 0 bridgehead atoms. The van der Waals surface area contributed by atoms with Crippen molar-refractivity contribution in [2.75, 3.05) is 0 Å². The average Bonchev–Trinajstić information content (AvgIpc) is 2.30. The van der Waals surface area contributed by atoms with Crippen molar-refractivity contribution in [3.8, 4) is 0 Å². The number of thiazole rings is 1. The number of nitrogens with zero attached hydrogens (tertiary/aromatic N) is 1. The Morgan fingerprint density at radius 1 is 1.42 bits per heavy atom. The van der Waals surface area contributed by atoms with Gasteiger partial charge in [0.25, 0.3) is 0 Å². The quantitative estimate of drug-likeness (QED) is 0.670. The van der Waals surface area contributed by atoms with E-state index in [1.807, 2.05) is 13.8 Å². The van der Waals surface area contributed by atoms with Gasteiger partial charge in [0.1, 0.15) is 0 Å². The number of hydrogen-bond donors (Lipinski definition) is 0. The molecule has 0 amide bonds. The highest BCUT2D eigenvalue weighted by molar-refractivity contribution is 7.11. The number of halogens is 3. The summed E-state index contributed by atoms with van der Waals surface area (Å²) in [7, 11) is 0. The molecule has 0 spiro atoms. The highest BCUT2D eigenvalue weighted by Gasteiger charge is 2.34. The van der Waals surface area contributed by atoms with E-state index >= 15 is 0 Å². The fourth-order valence-electron chi connectivity index (χ4n) is 0.685. The minimum Gasteiger partial charge on any atom is -0.240 e. The molecule has 1 aromatic heterocycles. The molecule has 0 saturated carbocycles. The van der Waals surface area contributed by atoms with Crippen LogP contribution in [-0.4, -0.2) is 4.98 Å². The fraction of sp³-hybridized carbons (Fsp3) is 0.571. The van der Waals surface area contributed by atoms with Crippen LogP contribution in [0.5, 0.6) is 0 Å². The van der Waals surface area contributed by atoms with Gasteiger partial charge in [-0.25, -0.2) is 4.98 Å². The van der Waals surface area contributed by atoms with E-state index in [4.69, 9.17) is 0 Å².